The van der Waals surface area contributed by atoms with E-state index in [0.29, 0.717) is 0 Å². The highest BCUT2D eigenvalue weighted by atomic mass is 79.9. The molecule has 0 atom stereocenters. The normalized spacial score (nSPS) is 15.7. The fraction of sp³-hybridized carbons (Fsp3) is 0.354. The van der Waals surface area contributed by atoms with Crippen molar-refractivity contribution in [3.05, 3.63) is 199 Å². The quantitative estimate of drug-likeness (QED) is 0.0627. The van der Waals surface area contributed by atoms with Gasteiger partial charge in [-0.05, 0) is 218 Å². The SMILES string of the molecule is Brc1ccc(N(c2ccc(Br)cc2)c2ccc(Br)cc2)cc1.CCCCCCOCc1ccc(Br)cc1.CCCCc1ccc(N(c2ccc(B3OC(C)(C)C(C)(C)O3)cc2)c2ccc(B3OC(C)(C)C(C)(C)O3)cc2)cc1. The highest BCUT2D eigenvalue weighted by Gasteiger charge is 2.52. The van der Waals surface area contributed by atoms with Gasteiger partial charge in [0.2, 0.25) is 0 Å². The Labute approximate surface area is 501 Å². The zero-order valence-electron chi connectivity index (χ0n) is 47.1. The minimum atomic E-state index is -0.389. The molecule has 0 spiro atoms. The summed E-state index contributed by atoms with van der Waals surface area (Å²) in [5, 5.41) is 0. The largest absolute Gasteiger partial charge is 0.494 e. The lowest BCUT2D eigenvalue weighted by molar-refractivity contribution is 0.00578. The van der Waals surface area contributed by atoms with E-state index in [1.165, 1.54) is 49.7 Å². The summed E-state index contributed by atoms with van der Waals surface area (Å²) in [6.45, 7) is 22.7. The summed E-state index contributed by atoms with van der Waals surface area (Å²) in [6, 6.07) is 59.2. The first-order valence-electron chi connectivity index (χ1n) is 27.4. The van der Waals surface area contributed by atoms with Gasteiger partial charge in [0, 0.05) is 58.6 Å². The third kappa shape index (κ3) is 16.6. The number of hydrogen-bond acceptors (Lipinski definition) is 7. The van der Waals surface area contributed by atoms with E-state index in [9.17, 15) is 0 Å². The predicted octanol–water partition coefficient (Wildman–Crippen LogP) is 19.1. The van der Waals surface area contributed by atoms with Crippen LogP contribution in [-0.2, 0) is 36.4 Å². The molecule has 78 heavy (non-hydrogen) atoms. The van der Waals surface area contributed by atoms with Crippen LogP contribution in [0.4, 0.5) is 34.1 Å². The number of aryl methyl sites for hydroxylation is 1. The summed E-state index contributed by atoms with van der Waals surface area (Å²) in [6.07, 6.45) is 8.57. The lowest BCUT2D eigenvalue weighted by Gasteiger charge is -2.32. The van der Waals surface area contributed by atoms with Gasteiger partial charge >= 0.3 is 14.2 Å². The molecule has 2 aliphatic heterocycles. The maximum absolute atomic E-state index is 6.30. The van der Waals surface area contributed by atoms with Crippen LogP contribution >= 0.6 is 63.7 Å². The van der Waals surface area contributed by atoms with Crippen LogP contribution in [0.25, 0.3) is 0 Å². The molecule has 7 aromatic rings. The third-order valence-electron chi connectivity index (χ3n) is 14.9. The molecular formula is C65H76B2Br4N2O5. The highest BCUT2D eigenvalue weighted by Crippen LogP contribution is 2.40. The number of anilines is 6. The van der Waals surface area contributed by atoms with Gasteiger partial charge in [-0.2, -0.15) is 0 Å². The molecule has 9 rings (SSSR count). The minimum absolute atomic E-state index is 0.374. The van der Waals surface area contributed by atoms with Crippen molar-refractivity contribution in [2.45, 2.75) is 143 Å². The third-order valence-corrected chi connectivity index (χ3v) is 17.1. The van der Waals surface area contributed by atoms with Crippen LogP contribution in [0.2, 0.25) is 0 Å². The Morgan fingerprint density at radius 2 is 0.641 bits per heavy atom. The van der Waals surface area contributed by atoms with Crippen LogP contribution < -0.4 is 20.7 Å². The molecule has 0 saturated carbocycles. The summed E-state index contributed by atoms with van der Waals surface area (Å²) >= 11 is 13.9. The number of hydrogen-bond donors (Lipinski definition) is 0. The number of benzene rings is 7. The molecule has 2 aliphatic rings. The molecule has 0 N–H and O–H groups in total. The van der Waals surface area contributed by atoms with E-state index in [4.69, 9.17) is 23.4 Å². The maximum atomic E-state index is 6.30. The topological polar surface area (TPSA) is 52.6 Å². The molecular weight excluding hydrogens is 1230 g/mol. The zero-order valence-corrected chi connectivity index (χ0v) is 53.5. The van der Waals surface area contributed by atoms with Gasteiger partial charge in [-0.1, -0.05) is 152 Å². The van der Waals surface area contributed by atoms with E-state index in [1.807, 2.05) is 0 Å². The first-order valence-corrected chi connectivity index (χ1v) is 30.6. The smallest absolute Gasteiger partial charge is 0.399 e. The number of halogens is 4. The van der Waals surface area contributed by atoms with Gasteiger partial charge in [0.1, 0.15) is 0 Å². The maximum Gasteiger partial charge on any atom is 0.494 e. The van der Waals surface area contributed by atoms with Gasteiger partial charge in [0.15, 0.2) is 0 Å². The summed E-state index contributed by atoms with van der Waals surface area (Å²) < 4.78 is 35.1. The minimum Gasteiger partial charge on any atom is -0.399 e. The Hall–Kier alpha value is -4.01. The second kappa shape index (κ2) is 28.1. The molecule has 7 aromatic carbocycles. The van der Waals surface area contributed by atoms with Crippen LogP contribution in [0.15, 0.2) is 188 Å². The van der Waals surface area contributed by atoms with E-state index in [1.54, 1.807) is 0 Å². The number of unbranched alkanes of at least 4 members (excludes halogenated alkanes) is 4. The van der Waals surface area contributed by atoms with E-state index in [0.717, 1.165) is 82.6 Å². The van der Waals surface area contributed by atoms with Gasteiger partial charge in [-0.3, -0.25) is 0 Å². The molecule has 0 aromatic heterocycles. The number of ether oxygens (including phenoxy) is 1. The standard InChI is InChI=1S/C34H45B2NO4.C18H12Br3N.C13H19BrO/c1-10-11-12-25-13-19-28(20-14-25)37(29-21-15-26(16-22-29)35-38-31(2,3)32(4,5)39-35)30-23-17-27(18-24-30)36-40-33(6,7)34(8,9)41-36;19-13-1-7-16(8-2-13)22(17-9-3-14(20)4-10-17)18-11-5-15(21)6-12-18;1-2-3-4-5-10-15-11-12-6-8-13(14)9-7-12/h13-24H,10-12H2,1-9H3;1-12H;6-9H,2-5,10-11H2,1H3. The Morgan fingerprint density at radius 3 is 0.962 bits per heavy atom. The molecule has 13 heteroatoms. The van der Waals surface area contributed by atoms with Crippen molar-refractivity contribution in [1.29, 1.82) is 0 Å². The van der Waals surface area contributed by atoms with Crippen molar-refractivity contribution < 1.29 is 23.4 Å². The summed E-state index contributed by atoms with van der Waals surface area (Å²) in [4.78, 5) is 4.51. The number of rotatable bonds is 18. The fourth-order valence-electron chi connectivity index (χ4n) is 8.78. The number of nitrogens with zero attached hydrogens (tertiary/aromatic N) is 2. The van der Waals surface area contributed by atoms with Gasteiger partial charge < -0.3 is 33.2 Å². The molecule has 0 unspecified atom stereocenters. The average Bonchev–Trinajstić information content (AvgIpc) is 3.89. The van der Waals surface area contributed by atoms with Crippen LogP contribution in [0, 0.1) is 0 Å². The van der Waals surface area contributed by atoms with E-state index in [-0.39, 0.29) is 36.6 Å². The van der Waals surface area contributed by atoms with Crippen molar-refractivity contribution in [1.82, 2.24) is 0 Å². The molecule has 0 radical (unpaired) electrons. The zero-order chi connectivity index (χ0) is 56.1. The second-order valence-electron chi connectivity index (χ2n) is 22.0. The van der Waals surface area contributed by atoms with Gasteiger partial charge in [0.05, 0.1) is 29.0 Å². The second-order valence-corrected chi connectivity index (χ2v) is 25.6. The van der Waals surface area contributed by atoms with Crippen molar-refractivity contribution in [2.75, 3.05) is 16.4 Å². The van der Waals surface area contributed by atoms with Crippen LogP contribution in [0.1, 0.15) is 119 Å². The molecule has 0 bridgehead atoms. The van der Waals surface area contributed by atoms with Crippen molar-refractivity contribution in [2.24, 2.45) is 0 Å². The average molecular weight is 1310 g/mol. The molecule has 2 saturated heterocycles. The molecule has 2 heterocycles. The molecule has 7 nitrogen and oxygen atoms in total. The van der Waals surface area contributed by atoms with Crippen LogP contribution in [-0.4, -0.2) is 43.2 Å². The monoisotopic (exact) mass is 1300 g/mol. The molecule has 2 fully saturated rings. The van der Waals surface area contributed by atoms with Crippen molar-refractivity contribution in [3.8, 4) is 0 Å². The van der Waals surface area contributed by atoms with Crippen LogP contribution in [0.5, 0.6) is 0 Å². The van der Waals surface area contributed by atoms with Crippen molar-refractivity contribution in [3.63, 3.8) is 0 Å². The van der Waals surface area contributed by atoms with Crippen LogP contribution in [0.3, 0.4) is 0 Å². The summed E-state index contributed by atoms with van der Waals surface area (Å²) in [7, 11) is -0.779. The molecule has 0 amide bonds. The van der Waals surface area contributed by atoms with E-state index in [2.05, 4.69) is 313 Å². The first kappa shape index (κ1) is 61.6. The summed E-state index contributed by atoms with van der Waals surface area (Å²) in [5.74, 6) is 0. The molecule has 0 aliphatic carbocycles. The van der Waals surface area contributed by atoms with E-state index < -0.39 is 0 Å². The Morgan fingerprint density at radius 1 is 0.359 bits per heavy atom. The van der Waals surface area contributed by atoms with E-state index >= 15 is 0 Å². The summed E-state index contributed by atoms with van der Waals surface area (Å²) in [5.41, 5.74) is 9.73. The van der Waals surface area contributed by atoms with Gasteiger partial charge in [-0.15, -0.1) is 0 Å². The van der Waals surface area contributed by atoms with Crippen molar-refractivity contribution >= 4 is 123 Å². The lowest BCUT2D eigenvalue weighted by Crippen LogP contribution is -2.41. The Bertz CT molecular complexity index is 2700. The Kier molecular flexibility index (Phi) is 22.2. The molecule has 410 valence electrons. The highest BCUT2D eigenvalue weighted by molar-refractivity contribution is 9.11. The predicted molar refractivity (Wildman–Crippen MR) is 343 cm³/mol. The van der Waals surface area contributed by atoms with Gasteiger partial charge in [0.25, 0.3) is 0 Å². The lowest BCUT2D eigenvalue weighted by atomic mass is 9.79. The first-order chi connectivity index (χ1) is 37.2. The van der Waals surface area contributed by atoms with Gasteiger partial charge in [-0.25, -0.2) is 0 Å². The Balaban J connectivity index is 0.000000198. The fourth-order valence-corrected chi connectivity index (χ4v) is 9.84.